The third-order valence-electron chi connectivity index (χ3n) is 4.35. The topological polar surface area (TPSA) is 49.8 Å². The first kappa shape index (κ1) is 14.7. The van der Waals surface area contributed by atoms with E-state index in [2.05, 4.69) is 57.9 Å². The molecule has 0 fully saturated rings. The summed E-state index contributed by atoms with van der Waals surface area (Å²) in [5.74, 6) is 0. The van der Waals surface area contributed by atoms with Gasteiger partial charge >= 0.3 is 0 Å². The van der Waals surface area contributed by atoms with Crippen LogP contribution in [0.15, 0.2) is 61.3 Å². The number of nitrogens with zero attached hydrogens (tertiary/aromatic N) is 2. The van der Waals surface area contributed by atoms with Gasteiger partial charge in [-0.1, -0.05) is 0 Å². The SMILES string of the molecule is Cc1cncc(-c2cc(NC3C=CNCC3)c3cnccc3c2)c1. The summed E-state index contributed by atoms with van der Waals surface area (Å²) >= 11 is 0. The maximum atomic E-state index is 4.33. The molecule has 1 unspecified atom stereocenters. The second-order valence-electron chi connectivity index (χ2n) is 6.22. The number of benzene rings is 1. The fourth-order valence-electron chi connectivity index (χ4n) is 3.12. The molecule has 4 rings (SSSR count). The van der Waals surface area contributed by atoms with E-state index in [1.54, 1.807) is 0 Å². The summed E-state index contributed by atoms with van der Waals surface area (Å²) in [5, 5.41) is 9.23. The van der Waals surface area contributed by atoms with E-state index in [9.17, 15) is 0 Å². The van der Waals surface area contributed by atoms with Crippen LogP contribution in [-0.4, -0.2) is 22.6 Å². The zero-order chi connectivity index (χ0) is 16.4. The van der Waals surface area contributed by atoms with Crippen LogP contribution in [0.1, 0.15) is 12.0 Å². The Morgan fingerprint density at radius 1 is 1.08 bits per heavy atom. The Labute approximate surface area is 141 Å². The Balaban J connectivity index is 1.81. The van der Waals surface area contributed by atoms with Gasteiger partial charge in [-0.05, 0) is 66.4 Å². The zero-order valence-electron chi connectivity index (χ0n) is 13.7. The van der Waals surface area contributed by atoms with Crippen molar-refractivity contribution in [2.24, 2.45) is 0 Å². The molecule has 3 aromatic rings. The number of hydrogen-bond donors (Lipinski definition) is 2. The maximum absolute atomic E-state index is 4.33. The predicted octanol–water partition coefficient (Wildman–Crippen LogP) is 3.89. The lowest BCUT2D eigenvalue weighted by Crippen LogP contribution is -2.27. The number of aryl methyl sites for hydroxylation is 1. The fourth-order valence-corrected chi connectivity index (χ4v) is 3.12. The highest BCUT2D eigenvalue weighted by molar-refractivity contribution is 5.97. The van der Waals surface area contributed by atoms with Crippen LogP contribution in [0.5, 0.6) is 0 Å². The van der Waals surface area contributed by atoms with Crippen LogP contribution in [0.25, 0.3) is 21.9 Å². The summed E-state index contributed by atoms with van der Waals surface area (Å²) in [5.41, 5.74) is 4.59. The van der Waals surface area contributed by atoms with Gasteiger partial charge in [0.25, 0.3) is 0 Å². The molecule has 120 valence electrons. The molecule has 0 saturated heterocycles. The molecule has 0 bridgehead atoms. The number of pyridine rings is 2. The van der Waals surface area contributed by atoms with Crippen LogP contribution >= 0.6 is 0 Å². The number of nitrogens with one attached hydrogen (secondary N) is 2. The van der Waals surface area contributed by atoms with E-state index in [1.807, 2.05) is 31.0 Å². The van der Waals surface area contributed by atoms with E-state index < -0.39 is 0 Å². The molecule has 24 heavy (non-hydrogen) atoms. The summed E-state index contributed by atoms with van der Waals surface area (Å²) < 4.78 is 0. The fraction of sp³-hybridized carbons (Fsp3) is 0.200. The number of fused-ring (bicyclic) bond motifs is 1. The van der Waals surface area contributed by atoms with Crippen LogP contribution in [0.3, 0.4) is 0 Å². The van der Waals surface area contributed by atoms with E-state index in [0.29, 0.717) is 6.04 Å². The smallest absolute Gasteiger partial charge is 0.0478 e. The van der Waals surface area contributed by atoms with Gasteiger partial charge in [-0.25, -0.2) is 0 Å². The molecule has 1 aliphatic heterocycles. The summed E-state index contributed by atoms with van der Waals surface area (Å²) in [6.07, 6.45) is 12.8. The summed E-state index contributed by atoms with van der Waals surface area (Å²) in [6, 6.07) is 8.98. The van der Waals surface area contributed by atoms with E-state index in [-0.39, 0.29) is 0 Å². The molecule has 4 nitrogen and oxygen atoms in total. The van der Waals surface area contributed by atoms with Gasteiger partial charge in [-0.15, -0.1) is 0 Å². The van der Waals surface area contributed by atoms with Gasteiger partial charge in [0.2, 0.25) is 0 Å². The average molecular weight is 316 g/mol. The van der Waals surface area contributed by atoms with E-state index >= 15 is 0 Å². The van der Waals surface area contributed by atoms with Gasteiger partial charge in [0.15, 0.2) is 0 Å². The van der Waals surface area contributed by atoms with Crippen LogP contribution in [0, 0.1) is 6.92 Å². The van der Waals surface area contributed by atoms with Gasteiger partial charge in [0.1, 0.15) is 0 Å². The first-order chi connectivity index (χ1) is 11.8. The molecule has 0 saturated carbocycles. The lowest BCUT2D eigenvalue weighted by molar-refractivity contribution is 0.676. The van der Waals surface area contributed by atoms with Crippen molar-refractivity contribution in [1.29, 1.82) is 0 Å². The Morgan fingerprint density at radius 2 is 2.04 bits per heavy atom. The van der Waals surface area contributed by atoms with Crippen molar-refractivity contribution in [3.63, 3.8) is 0 Å². The average Bonchev–Trinajstić information content (AvgIpc) is 2.62. The second-order valence-corrected chi connectivity index (χ2v) is 6.22. The van der Waals surface area contributed by atoms with Crippen molar-refractivity contribution in [3.05, 3.63) is 66.9 Å². The predicted molar refractivity (Wildman–Crippen MR) is 98.9 cm³/mol. The van der Waals surface area contributed by atoms with E-state index in [1.165, 1.54) is 10.9 Å². The van der Waals surface area contributed by atoms with Crippen molar-refractivity contribution >= 4 is 16.5 Å². The molecular weight excluding hydrogens is 296 g/mol. The number of rotatable bonds is 3. The molecule has 4 heteroatoms. The van der Waals surface area contributed by atoms with Gasteiger partial charge < -0.3 is 10.6 Å². The molecule has 0 aliphatic carbocycles. The number of aromatic nitrogens is 2. The van der Waals surface area contributed by atoms with Crippen LogP contribution in [0.2, 0.25) is 0 Å². The standard InChI is InChI=1S/C20H20N4/c1-14-8-17(12-23-11-14)16-9-15-2-5-22-13-19(15)20(10-16)24-18-3-6-21-7-4-18/h2-3,5-6,8-13,18,21,24H,4,7H2,1H3. The minimum absolute atomic E-state index is 0.334. The van der Waals surface area contributed by atoms with E-state index in [0.717, 1.165) is 35.2 Å². The molecule has 0 amide bonds. The van der Waals surface area contributed by atoms with Crippen molar-refractivity contribution in [2.45, 2.75) is 19.4 Å². The van der Waals surface area contributed by atoms with Crippen molar-refractivity contribution in [1.82, 2.24) is 15.3 Å². The van der Waals surface area contributed by atoms with Gasteiger partial charge in [-0.2, -0.15) is 0 Å². The highest BCUT2D eigenvalue weighted by Gasteiger charge is 2.12. The quantitative estimate of drug-likeness (QED) is 0.769. The Kier molecular flexibility index (Phi) is 3.87. The third kappa shape index (κ3) is 2.95. The third-order valence-corrected chi connectivity index (χ3v) is 4.35. The van der Waals surface area contributed by atoms with Crippen LogP contribution < -0.4 is 10.6 Å². The van der Waals surface area contributed by atoms with Gasteiger partial charge in [0.05, 0.1) is 0 Å². The molecule has 1 atom stereocenters. The maximum Gasteiger partial charge on any atom is 0.0478 e. The molecular formula is C20H20N4. The first-order valence-corrected chi connectivity index (χ1v) is 8.26. The highest BCUT2D eigenvalue weighted by atomic mass is 15.0. The van der Waals surface area contributed by atoms with Gasteiger partial charge in [0, 0.05) is 54.0 Å². The molecule has 2 N–H and O–H groups in total. The van der Waals surface area contributed by atoms with Gasteiger partial charge in [-0.3, -0.25) is 9.97 Å². The summed E-state index contributed by atoms with van der Waals surface area (Å²) in [4.78, 5) is 8.63. The molecule has 2 aromatic heterocycles. The molecule has 3 heterocycles. The lowest BCUT2D eigenvalue weighted by Gasteiger charge is -2.21. The van der Waals surface area contributed by atoms with Crippen molar-refractivity contribution in [2.75, 3.05) is 11.9 Å². The van der Waals surface area contributed by atoms with Crippen molar-refractivity contribution < 1.29 is 0 Å². The largest absolute Gasteiger partial charge is 0.391 e. The van der Waals surface area contributed by atoms with Crippen LogP contribution in [-0.2, 0) is 0 Å². The highest BCUT2D eigenvalue weighted by Crippen LogP contribution is 2.31. The molecule has 1 aromatic carbocycles. The monoisotopic (exact) mass is 316 g/mol. The lowest BCUT2D eigenvalue weighted by atomic mass is 10.0. The minimum atomic E-state index is 0.334. The number of hydrogen-bond acceptors (Lipinski definition) is 4. The van der Waals surface area contributed by atoms with Crippen molar-refractivity contribution in [3.8, 4) is 11.1 Å². The molecule has 0 spiro atoms. The van der Waals surface area contributed by atoms with Crippen LogP contribution in [0.4, 0.5) is 5.69 Å². The zero-order valence-corrected chi connectivity index (χ0v) is 13.7. The van der Waals surface area contributed by atoms with E-state index in [4.69, 9.17) is 0 Å². The summed E-state index contributed by atoms with van der Waals surface area (Å²) in [7, 11) is 0. The molecule has 1 aliphatic rings. The first-order valence-electron chi connectivity index (χ1n) is 8.26. The summed E-state index contributed by atoms with van der Waals surface area (Å²) in [6.45, 7) is 3.06. The Morgan fingerprint density at radius 3 is 2.88 bits per heavy atom. The Bertz CT molecular complexity index is 901. The number of anilines is 1. The normalized spacial score (nSPS) is 16.8. The second kappa shape index (κ2) is 6.32. The Hall–Kier alpha value is -2.88. The molecule has 0 radical (unpaired) electrons. The minimum Gasteiger partial charge on any atom is -0.391 e.